The Balaban J connectivity index is 2.87. The van der Waals surface area contributed by atoms with Crippen molar-refractivity contribution in [1.29, 1.82) is 0 Å². The van der Waals surface area contributed by atoms with E-state index in [0.717, 1.165) is 0 Å². The van der Waals surface area contributed by atoms with Crippen LogP contribution >= 0.6 is 37.9 Å². The smallest absolute Gasteiger partial charge is 0.326 e. The number of thiol groups is 3. The van der Waals surface area contributed by atoms with E-state index in [2.05, 4.69) is 37.9 Å². The zero-order chi connectivity index (χ0) is 19.5. The summed E-state index contributed by atoms with van der Waals surface area (Å²) >= 11 is 12.0. The van der Waals surface area contributed by atoms with Crippen molar-refractivity contribution in [3.63, 3.8) is 0 Å². The predicted molar refractivity (Wildman–Crippen MR) is 103 cm³/mol. The van der Waals surface area contributed by atoms with E-state index in [-0.39, 0.29) is 32.6 Å². The minimum atomic E-state index is -0.512. The van der Waals surface area contributed by atoms with Crippen molar-refractivity contribution in [2.75, 3.05) is 30.6 Å². The molecule has 1 saturated heterocycles. The Kier molecular flexibility index (Phi) is 11.4. The molecule has 0 unspecified atom stereocenters. The van der Waals surface area contributed by atoms with E-state index >= 15 is 0 Å². The SMILES string of the molecule is CCC1N(OC(=O)CCS)CN(OC(=O)CCS)CN1OC(=O)CCS. The summed E-state index contributed by atoms with van der Waals surface area (Å²) in [5.74, 6) is -0.438. The van der Waals surface area contributed by atoms with Crippen LogP contribution < -0.4 is 0 Å². The van der Waals surface area contributed by atoms with Gasteiger partial charge in [-0.15, -0.1) is 15.2 Å². The molecule has 0 radical (unpaired) electrons. The van der Waals surface area contributed by atoms with Gasteiger partial charge in [0, 0.05) is 17.3 Å². The Labute approximate surface area is 169 Å². The van der Waals surface area contributed by atoms with Gasteiger partial charge in [0.15, 0.2) is 0 Å². The van der Waals surface area contributed by atoms with E-state index in [4.69, 9.17) is 14.5 Å². The fourth-order valence-corrected chi connectivity index (χ4v) is 2.70. The van der Waals surface area contributed by atoms with Crippen molar-refractivity contribution in [3.8, 4) is 0 Å². The van der Waals surface area contributed by atoms with Gasteiger partial charge in [0.05, 0.1) is 19.3 Å². The zero-order valence-corrected chi connectivity index (χ0v) is 17.3. The second-order valence-electron chi connectivity index (χ2n) is 5.30. The number of hydrogen-bond acceptors (Lipinski definition) is 12. The summed E-state index contributed by atoms with van der Waals surface area (Å²) in [4.78, 5) is 51.3. The second-order valence-corrected chi connectivity index (χ2v) is 6.64. The van der Waals surface area contributed by atoms with Gasteiger partial charge in [0.2, 0.25) is 0 Å². The fourth-order valence-electron chi connectivity index (χ4n) is 2.15. The molecule has 150 valence electrons. The lowest BCUT2D eigenvalue weighted by Crippen LogP contribution is -2.61. The molecule has 26 heavy (non-hydrogen) atoms. The Morgan fingerprint density at radius 1 is 0.808 bits per heavy atom. The Hall–Kier alpha value is -0.660. The van der Waals surface area contributed by atoms with Crippen molar-refractivity contribution in [2.24, 2.45) is 0 Å². The average Bonchev–Trinajstić information content (AvgIpc) is 2.55. The highest BCUT2D eigenvalue weighted by molar-refractivity contribution is 7.80. The predicted octanol–water partition coefficient (Wildman–Crippen LogP) is 0.891. The van der Waals surface area contributed by atoms with Crippen LogP contribution in [-0.2, 0) is 28.9 Å². The van der Waals surface area contributed by atoms with Crippen LogP contribution in [0.5, 0.6) is 0 Å². The first-order valence-electron chi connectivity index (χ1n) is 8.18. The van der Waals surface area contributed by atoms with Crippen molar-refractivity contribution >= 4 is 55.8 Å². The molecule has 1 rings (SSSR count). The third-order valence-corrected chi connectivity index (χ3v) is 3.91. The molecular weight excluding hydrogens is 402 g/mol. The molecule has 1 aliphatic heterocycles. The van der Waals surface area contributed by atoms with Gasteiger partial charge in [-0.25, -0.2) is 0 Å². The van der Waals surface area contributed by atoms with Crippen molar-refractivity contribution in [2.45, 2.75) is 38.8 Å². The molecule has 0 saturated carbocycles. The molecule has 0 amide bonds. The lowest BCUT2D eigenvalue weighted by molar-refractivity contribution is -0.363. The van der Waals surface area contributed by atoms with E-state index < -0.39 is 24.1 Å². The molecule has 0 aromatic heterocycles. The lowest BCUT2D eigenvalue weighted by atomic mass is 10.3. The first kappa shape index (κ1) is 23.4. The molecule has 0 bridgehead atoms. The summed E-state index contributed by atoms with van der Waals surface area (Å²) in [6, 6.07) is 0. The van der Waals surface area contributed by atoms with Crippen LogP contribution in [0.3, 0.4) is 0 Å². The van der Waals surface area contributed by atoms with Crippen molar-refractivity contribution < 1.29 is 28.9 Å². The fraction of sp³-hybridized carbons (Fsp3) is 0.786. The standard InChI is InChI=1S/C14H25N3O6S3/c1-2-11-16(22-13(19)4-7-25)9-15(21-12(18)3-6-24)10-17(11)23-14(20)5-8-26/h11,24-26H,2-10H2,1H3. The third kappa shape index (κ3) is 7.92. The summed E-state index contributed by atoms with van der Waals surface area (Å²) in [6.07, 6.45) is 0.350. The maximum Gasteiger partial charge on any atom is 0.326 e. The van der Waals surface area contributed by atoms with E-state index in [9.17, 15) is 14.4 Å². The van der Waals surface area contributed by atoms with Crippen LogP contribution in [0.25, 0.3) is 0 Å². The molecule has 0 aromatic carbocycles. The van der Waals surface area contributed by atoms with Crippen LogP contribution in [0.15, 0.2) is 0 Å². The highest BCUT2D eigenvalue weighted by atomic mass is 32.1. The van der Waals surface area contributed by atoms with Crippen LogP contribution in [0.1, 0.15) is 32.6 Å². The minimum absolute atomic E-state index is 0.0236. The van der Waals surface area contributed by atoms with Gasteiger partial charge in [-0.2, -0.15) is 37.9 Å². The molecule has 1 fully saturated rings. The van der Waals surface area contributed by atoms with Gasteiger partial charge in [-0.3, -0.25) is 14.4 Å². The second kappa shape index (κ2) is 12.7. The average molecular weight is 428 g/mol. The highest BCUT2D eigenvalue weighted by Gasteiger charge is 2.38. The Morgan fingerprint density at radius 2 is 1.19 bits per heavy atom. The lowest BCUT2D eigenvalue weighted by Gasteiger charge is -2.43. The molecule has 1 aliphatic rings. The monoisotopic (exact) mass is 427 g/mol. The van der Waals surface area contributed by atoms with Gasteiger partial charge in [-0.1, -0.05) is 6.92 Å². The maximum atomic E-state index is 11.8. The van der Waals surface area contributed by atoms with Gasteiger partial charge >= 0.3 is 17.9 Å². The van der Waals surface area contributed by atoms with Gasteiger partial charge in [0.25, 0.3) is 0 Å². The Morgan fingerprint density at radius 3 is 1.54 bits per heavy atom. The number of hydroxylamine groups is 6. The van der Waals surface area contributed by atoms with Crippen molar-refractivity contribution in [1.82, 2.24) is 15.2 Å². The molecular formula is C14H25N3O6S3. The summed E-state index contributed by atoms with van der Waals surface area (Å²) < 4.78 is 0. The molecule has 1 heterocycles. The topological polar surface area (TPSA) is 88.6 Å². The van der Waals surface area contributed by atoms with Crippen LogP contribution in [-0.4, -0.2) is 69.9 Å². The zero-order valence-electron chi connectivity index (χ0n) is 14.6. The van der Waals surface area contributed by atoms with Gasteiger partial charge in [0.1, 0.15) is 19.5 Å². The Bertz CT molecular complexity index is 455. The number of carbonyl (C=O) groups excluding carboxylic acids is 3. The van der Waals surface area contributed by atoms with Crippen LogP contribution in [0.4, 0.5) is 0 Å². The van der Waals surface area contributed by atoms with Gasteiger partial charge < -0.3 is 14.5 Å². The van der Waals surface area contributed by atoms with Crippen LogP contribution in [0.2, 0.25) is 0 Å². The third-order valence-electron chi connectivity index (χ3n) is 3.24. The van der Waals surface area contributed by atoms with Crippen LogP contribution in [0, 0.1) is 0 Å². The summed E-state index contributed by atoms with van der Waals surface area (Å²) in [5, 5.41) is 3.88. The number of hydrogen-bond donors (Lipinski definition) is 3. The van der Waals surface area contributed by atoms with E-state index in [0.29, 0.717) is 23.7 Å². The number of rotatable bonds is 10. The molecule has 0 N–H and O–H groups in total. The van der Waals surface area contributed by atoms with E-state index in [1.54, 1.807) is 0 Å². The van der Waals surface area contributed by atoms with Crippen molar-refractivity contribution in [3.05, 3.63) is 0 Å². The number of nitrogens with zero attached hydrogens (tertiary/aromatic N) is 3. The first-order chi connectivity index (χ1) is 12.4. The molecule has 12 heteroatoms. The molecule has 9 nitrogen and oxygen atoms in total. The quantitative estimate of drug-likeness (QED) is 0.440. The van der Waals surface area contributed by atoms with E-state index in [1.165, 1.54) is 15.2 Å². The molecule has 0 atom stereocenters. The minimum Gasteiger partial charge on any atom is -0.365 e. The largest absolute Gasteiger partial charge is 0.365 e. The highest BCUT2D eigenvalue weighted by Crippen LogP contribution is 2.20. The maximum absolute atomic E-state index is 11.8. The first-order valence-corrected chi connectivity index (χ1v) is 10.1. The summed E-state index contributed by atoms with van der Waals surface area (Å²) in [6.45, 7) is 1.90. The molecule has 0 aliphatic carbocycles. The normalized spacial score (nSPS) is 17.1. The summed E-state index contributed by atoms with van der Waals surface area (Å²) in [7, 11) is 0. The van der Waals surface area contributed by atoms with E-state index in [1.807, 2.05) is 6.92 Å². The van der Waals surface area contributed by atoms with Gasteiger partial charge in [-0.05, 0) is 6.42 Å². The summed E-state index contributed by atoms with van der Waals surface area (Å²) in [5.41, 5.74) is 0. The number of carbonyl (C=O) groups is 3. The molecule has 0 aromatic rings. The molecule has 0 spiro atoms.